The summed E-state index contributed by atoms with van der Waals surface area (Å²) in [4.78, 5) is 16.6. The Labute approximate surface area is 171 Å². The molecule has 5 nitrogen and oxygen atoms in total. The van der Waals surface area contributed by atoms with E-state index in [1.54, 1.807) is 24.3 Å². The number of aromatic nitrogens is 1. The maximum Gasteiger partial charge on any atom is 0.251 e. The van der Waals surface area contributed by atoms with Gasteiger partial charge in [0.15, 0.2) is 9.84 Å². The first-order valence-electron chi connectivity index (χ1n) is 9.96. The van der Waals surface area contributed by atoms with Crippen molar-refractivity contribution in [3.8, 4) is 0 Å². The van der Waals surface area contributed by atoms with Gasteiger partial charge in [0.1, 0.15) is 0 Å². The number of hydrogen-bond acceptors (Lipinski definition) is 3. The molecule has 29 heavy (non-hydrogen) atoms. The molecule has 4 rings (SSSR count). The number of fused-ring (bicyclic) bond motifs is 3. The fraction of sp³-hybridized carbons (Fsp3) is 0.348. The first-order chi connectivity index (χ1) is 13.7. The van der Waals surface area contributed by atoms with E-state index in [0.717, 1.165) is 29.3 Å². The molecular formula is C23H26N2O3S. The third-order valence-electron chi connectivity index (χ3n) is 5.85. The number of aromatic amines is 1. The van der Waals surface area contributed by atoms with Crippen LogP contribution in [0.25, 0.3) is 10.9 Å². The summed E-state index contributed by atoms with van der Waals surface area (Å²) in [5.74, 6) is 0.527. The summed E-state index contributed by atoms with van der Waals surface area (Å²) < 4.78 is 23.2. The average molecular weight is 411 g/mol. The van der Waals surface area contributed by atoms with Gasteiger partial charge in [-0.2, -0.15) is 0 Å². The van der Waals surface area contributed by atoms with Gasteiger partial charge < -0.3 is 10.3 Å². The summed E-state index contributed by atoms with van der Waals surface area (Å²) in [7, 11) is -3.23. The van der Waals surface area contributed by atoms with Crippen LogP contribution >= 0.6 is 0 Å². The number of amides is 1. The van der Waals surface area contributed by atoms with Crippen LogP contribution in [-0.2, 0) is 22.7 Å². The molecule has 0 unspecified atom stereocenters. The molecule has 1 heterocycles. The van der Waals surface area contributed by atoms with Gasteiger partial charge in [-0.15, -0.1) is 0 Å². The standard InChI is InChI=1S/C23H26N2O3S/c1-14-4-10-21-19(12-14)20-13-17(7-11-22(20)25-21)23(26)24-15(2)16-5-8-18(9-6-16)29(3,27)28/h5-9,11,13-15,25H,4,10,12H2,1-3H3,(H,24,26)/t14-,15+/m1/s1. The van der Waals surface area contributed by atoms with Gasteiger partial charge >= 0.3 is 0 Å². The Morgan fingerprint density at radius 2 is 1.90 bits per heavy atom. The summed E-state index contributed by atoms with van der Waals surface area (Å²) in [6, 6.07) is 12.2. The molecule has 152 valence electrons. The fourth-order valence-corrected chi connectivity index (χ4v) is 4.73. The number of nitrogens with one attached hydrogen (secondary N) is 2. The zero-order valence-corrected chi connectivity index (χ0v) is 17.8. The van der Waals surface area contributed by atoms with Gasteiger partial charge in [-0.05, 0) is 73.6 Å². The molecule has 0 fully saturated rings. The topological polar surface area (TPSA) is 79.0 Å². The van der Waals surface area contributed by atoms with Crippen molar-refractivity contribution in [3.63, 3.8) is 0 Å². The zero-order chi connectivity index (χ0) is 20.8. The van der Waals surface area contributed by atoms with Gasteiger partial charge in [-0.1, -0.05) is 19.1 Å². The number of carbonyl (C=O) groups is 1. The molecule has 0 spiro atoms. The Morgan fingerprint density at radius 3 is 2.59 bits per heavy atom. The van der Waals surface area contributed by atoms with Gasteiger partial charge in [0.25, 0.3) is 5.91 Å². The number of aryl methyl sites for hydroxylation is 1. The second-order valence-corrected chi connectivity index (χ2v) is 10.2. The highest BCUT2D eigenvalue weighted by molar-refractivity contribution is 7.90. The van der Waals surface area contributed by atoms with Crippen molar-refractivity contribution in [1.82, 2.24) is 10.3 Å². The van der Waals surface area contributed by atoms with E-state index in [-0.39, 0.29) is 16.8 Å². The number of hydrogen-bond donors (Lipinski definition) is 2. The molecule has 6 heteroatoms. The Kier molecular flexibility index (Phi) is 4.99. The monoisotopic (exact) mass is 410 g/mol. The lowest BCUT2D eigenvalue weighted by Crippen LogP contribution is -2.26. The molecule has 0 radical (unpaired) electrons. The van der Waals surface area contributed by atoms with Gasteiger partial charge in [-0.3, -0.25) is 4.79 Å². The third-order valence-corrected chi connectivity index (χ3v) is 6.98. The molecule has 0 bridgehead atoms. The van der Waals surface area contributed by atoms with Crippen LogP contribution in [0.2, 0.25) is 0 Å². The lowest BCUT2D eigenvalue weighted by molar-refractivity contribution is 0.0940. The minimum absolute atomic E-state index is 0.134. The molecule has 0 saturated heterocycles. The summed E-state index contributed by atoms with van der Waals surface area (Å²) in [6.07, 6.45) is 4.49. The normalized spacial score (nSPS) is 17.7. The van der Waals surface area contributed by atoms with Crippen molar-refractivity contribution in [2.45, 2.75) is 44.0 Å². The maximum absolute atomic E-state index is 12.8. The molecule has 1 aliphatic rings. The largest absolute Gasteiger partial charge is 0.358 e. The Bertz CT molecular complexity index is 1180. The highest BCUT2D eigenvalue weighted by Crippen LogP contribution is 2.32. The minimum atomic E-state index is -3.23. The van der Waals surface area contributed by atoms with Crippen molar-refractivity contribution in [1.29, 1.82) is 0 Å². The van der Waals surface area contributed by atoms with Crippen molar-refractivity contribution in [2.75, 3.05) is 6.26 Å². The SMILES string of the molecule is C[C@@H]1CCc2[nH]c3ccc(C(=O)N[C@@H](C)c4ccc(S(C)(=O)=O)cc4)cc3c2C1. The zero-order valence-electron chi connectivity index (χ0n) is 17.0. The second kappa shape index (κ2) is 7.34. The van der Waals surface area contributed by atoms with Gasteiger partial charge in [0, 0.05) is 28.4 Å². The predicted molar refractivity (Wildman–Crippen MR) is 115 cm³/mol. The maximum atomic E-state index is 12.8. The number of H-pyrrole nitrogens is 1. The lowest BCUT2D eigenvalue weighted by atomic mass is 9.87. The highest BCUT2D eigenvalue weighted by Gasteiger charge is 2.21. The second-order valence-electron chi connectivity index (χ2n) is 8.23. The van der Waals surface area contributed by atoms with Crippen molar-refractivity contribution in [2.24, 2.45) is 5.92 Å². The van der Waals surface area contributed by atoms with Crippen molar-refractivity contribution >= 4 is 26.6 Å². The molecule has 1 amide bonds. The predicted octanol–water partition coefficient (Wildman–Crippen LogP) is 4.19. The summed E-state index contributed by atoms with van der Waals surface area (Å²) in [5.41, 5.74) is 5.23. The van der Waals surface area contributed by atoms with E-state index in [0.29, 0.717) is 11.5 Å². The minimum Gasteiger partial charge on any atom is -0.358 e. The number of sulfone groups is 1. The molecule has 1 aromatic heterocycles. The molecule has 2 aromatic carbocycles. The molecule has 2 N–H and O–H groups in total. The Morgan fingerprint density at radius 1 is 1.17 bits per heavy atom. The van der Waals surface area contributed by atoms with Crippen LogP contribution in [0, 0.1) is 5.92 Å². The molecule has 2 atom stereocenters. The Hall–Kier alpha value is -2.60. The smallest absolute Gasteiger partial charge is 0.251 e. The number of benzene rings is 2. The van der Waals surface area contributed by atoms with E-state index in [1.165, 1.54) is 23.9 Å². The van der Waals surface area contributed by atoms with Crippen LogP contribution in [0.4, 0.5) is 0 Å². The first-order valence-corrected chi connectivity index (χ1v) is 11.9. The Balaban J connectivity index is 1.55. The van der Waals surface area contributed by atoms with Crippen molar-refractivity contribution in [3.05, 3.63) is 64.8 Å². The molecule has 0 aliphatic heterocycles. The lowest BCUT2D eigenvalue weighted by Gasteiger charge is -2.18. The third kappa shape index (κ3) is 3.94. The van der Waals surface area contributed by atoms with E-state index in [4.69, 9.17) is 0 Å². The van der Waals surface area contributed by atoms with Crippen LogP contribution in [-0.4, -0.2) is 25.6 Å². The summed E-state index contributed by atoms with van der Waals surface area (Å²) in [5, 5.41) is 4.16. The summed E-state index contributed by atoms with van der Waals surface area (Å²) >= 11 is 0. The number of rotatable bonds is 4. The summed E-state index contributed by atoms with van der Waals surface area (Å²) in [6.45, 7) is 4.17. The van der Waals surface area contributed by atoms with E-state index >= 15 is 0 Å². The molecular weight excluding hydrogens is 384 g/mol. The average Bonchev–Trinajstić information content (AvgIpc) is 3.04. The van der Waals surface area contributed by atoms with Gasteiger partial charge in [0.2, 0.25) is 0 Å². The quantitative estimate of drug-likeness (QED) is 0.677. The van der Waals surface area contributed by atoms with E-state index in [2.05, 4.69) is 17.2 Å². The fourth-order valence-electron chi connectivity index (χ4n) is 4.10. The number of carbonyl (C=O) groups excluding carboxylic acids is 1. The van der Waals surface area contributed by atoms with E-state index in [1.807, 2.05) is 25.1 Å². The van der Waals surface area contributed by atoms with Crippen LogP contribution in [0.1, 0.15) is 53.5 Å². The molecule has 3 aromatic rings. The first kappa shape index (κ1) is 19.7. The van der Waals surface area contributed by atoms with E-state index < -0.39 is 9.84 Å². The highest BCUT2D eigenvalue weighted by atomic mass is 32.2. The molecule has 0 saturated carbocycles. The van der Waals surface area contributed by atoms with Crippen LogP contribution < -0.4 is 5.32 Å². The van der Waals surface area contributed by atoms with Crippen LogP contribution in [0.5, 0.6) is 0 Å². The van der Waals surface area contributed by atoms with Gasteiger partial charge in [-0.25, -0.2) is 8.42 Å². The van der Waals surface area contributed by atoms with Crippen LogP contribution in [0.3, 0.4) is 0 Å². The van der Waals surface area contributed by atoms with E-state index in [9.17, 15) is 13.2 Å². The van der Waals surface area contributed by atoms with Crippen molar-refractivity contribution < 1.29 is 13.2 Å². The van der Waals surface area contributed by atoms with Crippen LogP contribution in [0.15, 0.2) is 47.4 Å². The molecule has 1 aliphatic carbocycles. The van der Waals surface area contributed by atoms with Gasteiger partial charge in [0.05, 0.1) is 10.9 Å².